The Kier molecular flexibility index (Phi) is 5.65. The molecular weight excluding hydrogens is 440 g/mol. The Labute approximate surface area is 193 Å². The summed E-state index contributed by atoms with van der Waals surface area (Å²) in [7, 11) is -1.75. The summed E-state index contributed by atoms with van der Waals surface area (Å²) in [5.41, 5.74) is 2.81. The van der Waals surface area contributed by atoms with Crippen LogP contribution in [0.2, 0.25) is 0 Å². The van der Waals surface area contributed by atoms with Crippen LogP contribution >= 0.6 is 0 Å². The number of piperazine rings is 1. The summed E-state index contributed by atoms with van der Waals surface area (Å²) in [5.74, 6) is -0.0564. The maximum Gasteiger partial charge on any atom is 0.283 e. The molecular formula is C23H26N6O3S. The fourth-order valence-electron chi connectivity index (χ4n) is 4.19. The number of benzene rings is 2. The molecule has 0 bridgehead atoms. The molecule has 0 saturated carbocycles. The van der Waals surface area contributed by atoms with E-state index in [1.807, 2.05) is 12.1 Å². The zero-order valence-corrected chi connectivity index (χ0v) is 19.2. The van der Waals surface area contributed by atoms with Crippen LogP contribution in [0.15, 0.2) is 59.5 Å². The first kappa shape index (κ1) is 21.6. The van der Waals surface area contributed by atoms with E-state index in [9.17, 15) is 13.2 Å². The molecule has 172 valence electrons. The number of likely N-dealkylation sites (N-methyl/N-ethyl adjacent to an activating group) is 1. The molecule has 1 amide bonds. The molecule has 1 aromatic heterocycles. The van der Waals surface area contributed by atoms with Gasteiger partial charge in [-0.1, -0.05) is 18.2 Å². The van der Waals surface area contributed by atoms with E-state index < -0.39 is 10.0 Å². The highest BCUT2D eigenvalue weighted by atomic mass is 32.2. The number of carbonyl (C=O) groups is 1. The number of carbonyl (C=O) groups excluding carboxylic acids is 1. The molecule has 0 spiro atoms. The average Bonchev–Trinajstić information content (AvgIpc) is 3.44. The van der Waals surface area contributed by atoms with Gasteiger partial charge < -0.3 is 20.4 Å². The number of hydrogen-bond acceptors (Lipinski definition) is 7. The van der Waals surface area contributed by atoms with Crippen LogP contribution in [0.1, 0.15) is 21.6 Å². The molecule has 2 aliphatic rings. The third kappa shape index (κ3) is 4.12. The van der Waals surface area contributed by atoms with Gasteiger partial charge in [-0.3, -0.25) is 4.79 Å². The summed E-state index contributed by atoms with van der Waals surface area (Å²) in [5, 5.41) is 10.2. The summed E-state index contributed by atoms with van der Waals surface area (Å²) in [6, 6.07) is 15.6. The van der Waals surface area contributed by atoms with Gasteiger partial charge in [-0.2, -0.15) is 12.5 Å². The van der Waals surface area contributed by atoms with Crippen molar-refractivity contribution < 1.29 is 13.2 Å². The number of anilines is 2. The summed E-state index contributed by atoms with van der Waals surface area (Å²) >= 11 is 0. The second-order valence-corrected chi connectivity index (χ2v) is 10.1. The van der Waals surface area contributed by atoms with Crippen molar-refractivity contribution in [2.45, 2.75) is 18.0 Å². The van der Waals surface area contributed by atoms with E-state index in [2.05, 4.69) is 32.6 Å². The van der Waals surface area contributed by atoms with E-state index in [4.69, 9.17) is 0 Å². The van der Waals surface area contributed by atoms with Crippen LogP contribution in [0.3, 0.4) is 0 Å². The number of hydrogen-bond donors (Lipinski definition) is 2. The molecule has 1 fully saturated rings. The second-order valence-electron chi connectivity index (χ2n) is 8.33. The summed E-state index contributed by atoms with van der Waals surface area (Å²) < 4.78 is 27.3. The molecule has 0 atom stereocenters. The second kappa shape index (κ2) is 8.62. The lowest BCUT2D eigenvalue weighted by molar-refractivity contribution is 0.102. The minimum atomic E-state index is -3.86. The largest absolute Gasteiger partial charge is 0.369 e. The van der Waals surface area contributed by atoms with E-state index in [0.29, 0.717) is 29.9 Å². The van der Waals surface area contributed by atoms with Crippen LogP contribution in [0.4, 0.5) is 11.5 Å². The van der Waals surface area contributed by atoms with Crippen LogP contribution < -0.4 is 15.5 Å². The molecule has 2 aromatic carbocycles. The Hall–Kier alpha value is -3.21. The van der Waals surface area contributed by atoms with Crippen LogP contribution in [0, 0.1) is 0 Å². The first-order chi connectivity index (χ1) is 15.9. The Bertz CT molecular complexity index is 1260. The van der Waals surface area contributed by atoms with E-state index in [-0.39, 0.29) is 16.6 Å². The number of aromatic nitrogens is 2. The van der Waals surface area contributed by atoms with Gasteiger partial charge >= 0.3 is 0 Å². The van der Waals surface area contributed by atoms with Gasteiger partial charge in [0, 0.05) is 56.1 Å². The van der Waals surface area contributed by atoms with Crippen molar-refractivity contribution in [2.24, 2.45) is 0 Å². The molecule has 33 heavy (non-hydrogen) atoms. The van der Waals surface area contributed by atoms with Crippen LogP contribution in [0.25, 0.3) is 0 Å². The fraction of sp³-hybridized carbons (Fsp3) is 0.304. The SMILES string of the molecule is CN1CCN(c2ccc(C(=O)Nc3nn(S(=O)(=O)c4ccccc4)c4c3CNC4)cc2)CC1. The summed E-state index contributed by atoms with van der Waals surface area (Å²) in [4.78, 5) is 17.7. The van der Waals surface area contributed by atoms with Gasteiger partial charge in [0.2, 0.25) is 0 Å². The zero-order chi connectivity index (χ0) is 23.0. The number of nitrogens with one attached hydrogen (secondary N) is 2. The van der Waals surface area contributed by atoms with Crippen molar-refractivity contribution in [1.29, 1.82) is 0 Å². The third-order valence-corrected chi connectivity index (χ3v) is 7.77. The molecule has 9 nitrogen and oxygen atoms in total. The van der Waals surface area contributed by atoms with Crippen LogP contribution in [-0.4, -0.2) is 61.6 Å². The van der Waals surface area contributed by atoms with Crippen molar-refractivity contribution in [3.8, 4) is 0 Å². The normalized spacial score (nSPS) is 16.6. The van der Waals surface area contributed by atoms with Crippen molar-refractivity contribution in [1.82, 2.24) is 19.4 Å². The number of amides is 1. The summed E-state index contributed by atoms with van der Waals surface area (Å²) in [6.45, 7) is 4.73. The predicted molar refractivity (Wildman–Crippen MR) is 126 cm³/mol. The lowest BCUT2D eigenvalue weighted by Gasteiger charge is -2.34. The van der Waals surface area contributed by atoms with Gasteiger partial charge in [0.15, 0.2) is 5.82 Å². The van der Waals surface area contributed by atoms with Crippen molar-refractivity contribution in [3.05, 3.63) is 71.4 Å². The van der Waals surface area contributed by atoms with Crippen LogP contribution in [-0.2, 0) is 23.1 Å². The minimum Gasteiger partial charge on any atom is -0.369 e. The fourth-order valence-corrected chi connectivity index (χ4v) is 5.54. The number of fused-ring (bicyclic) bond motifs is 1. The Balaban J connectivity index is 1.37. The molecule has 0 radical (unpaired) electrons. The van der Waals surface area contributed by atoms with Crippen LogP contribution in [0.5, 0.6) is 0 Å². The molecule has 10 heteroatoms. The molecule has 0 unspecified atom stereocenters. The first-order valence-electron chi connectivity index (χ1n) is 10.9. The maximum absolute atomic E-state index is 13.1. The Morgan fingerprint density at radius 1 is 0.970 bits per heavy atom. The Morgan fingerprint density at radius 3 is 2.36 bits per heavy atom. The monoisotopic (exact) mass is 466 g/mol. The van der Waals surface area contributed by atoms with Crippen molar-refractivity contribution in [3.63, 3.8) is 0 Å². The average molecular weight is 467 g/mol. The number of nitrogens with zero attached hydrogens (tertiary/aromatic N) is 4. The van der Waals surface area contributed by atoms with E-state index in [1.54, 1.807) is 30.3 Å². The maximum atomic E-state index is 13.1. The molecule has 3 aromatic rings. The van der Waals surface area contributed by atoms with Gasteiger partial charge in [-0.05, 0) is 43.4 Å². The highest BCUT2D eigenvalue weighted by Gasteiger charge is 2.30. The lowest BCUT2D eigenvalue weighted by atomic mass is 10.1. The van der Waals surface area contributed by atoms with Crippen molar-refractivity contribution >= 4 is 27.4 Å². The van der Waals surface area contributed by atoms with Gasteiger partial charge in [0.1, 0.15) is 0 Å². The summed E-state index contributed by atoms with van der Waals surface area (Å²) in [6.07, 6.45) is 0. The third-order valence-electron chi connectivity index (χ3n) is 6.15. The van der Waals surface area contributed by atoms with Gasteiger partial charge in [-0.25, -0.2) is 0 Å². The van der Waals surface area contributed by atoms with E-state index >= 15 is 0 Å². The molecule has 2 N–H and O–H groups in total. The van der Waals surface area contributed by atoms with Gasteiger partial charge in [-0.15, -0.1) is 5.10 Å². The van der Waals surface area contributed by atoms with Gasteiger partial charge in [0.05, 0.1) is 10.6 Å². The standard InChI is InChI=1S/C23H26N6O3S/c1-27-11-13-28(14-12-27)18-9-7-17(8-10-18)23(30)25-22-20-15-24-16-21(20)29(26-22)33(31,32)19-5-3-2-4-6-19/h2-10,24H,11-16H2,1H3,(H,25,26,30). The number of rotatable bonds is 5. The highest BCUT2D eigenvalue weighted by Crippen LogP contribution is 2.28. The Morgan fingerprint density at radius 2 is 1.67 bits per heavy atom. The zero-order valence-electron chi connectivity index (χ0n) is 18.4. The topological polar surface area (TPSA) is 99.6 Å². The molecule has 3 heterocycles. The molecule has 0 aliphatic carbocycles. The quantitative estimate of drug-likeness (QED) is 0.591. The molecule has 1 saturated heterocycles. The molecule has 2 aliphatic heterocycles. The predicted octanol–water partition coefficient (Wildman–Crippen LogP) is 1.73. The lowest BCUT2D eigenvalue weighted by Crippen LogP contribution is -2.44. The minimum absolute atomic E-state index is 0.152. The van der Waals surface area contributed by atoms with Crippen molar-refractivity contribution in [2.75, 3.05) is 43.4 Å². The smallest absolute Gasteiger partial charge is 0.283 e. The molecule has 5 rings (SSSR count). The highest BCUT2D eigenvalue weighted by molar-refractivity contribution is 7.89. The van der Waals surface area contributed by atoms with E-state index in [1.165, 1.54) is 12.1 Å². The van der Waals surface area contributed by atoms with E-state index in [0.717, 1.165) is 36.0 Å². The first-order valence-corrected chi connectivity index (χ1v) is 12.3. The van der Waals surface area contributed by atoms with Gasteiger partial charge in [0.25, 0.3) is 15.9 Å².